The zero-order valence-corrected chi connectivity index (χ0v) is 15.0. The van der Waals surface area contributed by atoms with Crippen LogP contribution < -0.4 is 34.9 Å². The summed E-state index contributed by atoms with van der Waals surface area (Å²) < 4.78 is 36.4. The van der Waals surface area contributed by atoms with Gasteiger partial charge in [0.05, 0.1) is 12.0 Å². The third-order valence-corrected chi connectivity index (χ3v) is 4.50. The van der Waals surface area contributed by atoms with Gasteiger partial charge in [0.1, 0.15) is 14.7 Å². The molecule has 2 rings (SSSR count). The van der Waals surface area contributed by atoms with Gasteiger partial charge >= 0.3 is 29.6 Å². The number of para-hydroxylation sites is 1. The van der Waals surface area contributed by atoms with E-state index in [2.05, 4.69) is 5.32 Å². The molecule has 0 fully saturated rings. The van der Waals surface area contributed by atoms with Gasteiger partial charge in [0.25, 0.3) is 0 Å². The molecule has 0 radical (unpaired) electrons. The summed E-state index contributed by atoms with van der Waals surface area (Å²) in [4.78, 5) is 11.3. The van der Waals surface area contributed by atoms with Crippen molar-refractivity contribution in [3.8, 4) is 0 Å². The van der Waals surface area contributed by atoms with Crippen molar-refractivity contribution in [2.75, 3.05) is 12.3 Å². The fourth-order valence-corrected chi connectivity index (χ4v) is 2.85. The van der Waals surface area contributed by atoms with Crippen molar-refractivity contribution in [1.29, 1.82) is 0 Å². The van der Waals surface area contributed by atoms with Crippen molar-refractivity contribution in [2.45, 2.75) is 6.42 Å². The smallest absolute Gasteiger partial charge is 0.739 e. The molecule has 0 aliphatic carbocycles. The van der Waals surface area contributed by atoms with E-state index >= 15 is 0 Å². The molecule has 1 aromatic carbocycles. The molecule has 0 atom stereocenters. The molecule has 9 heteroatoms. The van der Waals surface area contributed by atoms with Crippen LogP contribution in [-0.4, -0.2) is 31.2 Å². The van der Waals surface area contributed by atoms with Crippen molar-refractivity contribution < 1.29 is 51.7 Å². The Balaban J connectivity index is 0.00000220. The molecule has 0 bridgehead atoms. The van der Waals surface area contributed by atoms with E-state index in [1.165, 1.54) is 0 Å². The topological polar surface area (TPSA) is 99.4 Å². The van der Waals surface area contributed by atoms with Crippen molar-refractivity contribution >= 4 is 36.8 Å². The van der Waals surface area contributed by atoms with Crippen LogP contribution in [0.5, 0.6) is 0 Å². The number of carbonyl (C=O) groups excluding carboxylic acids is 1. The molecular formula is C12H12NNaO5S2. The number of hydrogen-bond acceptors (Lipinski definition) is 6. The average molecular weight is 337 g/mol. The van der Waals surface area contributed by atoms with Crippen LogP contribution in [0.25, 0.3) is 11.0 Å². The first-order valence-electron chi connectivity index (χ1n) is 5.78. The first-order valence-corrected chi connectivity index (χ1v) is 8.69. The Kier molecular flexibility index (Phi) is 7.25. The molecule has 0 saturated heterocycles. The van der Waals surface area contributed by atoms with Crippen molar-refractivity contribution in [3.63, 3.8) is 0 Å². The molecule has 21 heavy (non-hydrogen) atoms. The first-order chi connectivity index (χ1) is 9.46. The monoisotopic (exact) mass is 337 g/mol. The van der Waals surface area contributed by atoms with Crippen molar-refractivity contribution in [2.24, 2.45) is 0 Å². The molecule has 0 unspecified atom stereocenters. The maximum absolute atomic E-state index is 11.3. The minimum atomic E-state index is -4.43. The molecule has 0 saturated carbocycles. The summed E-state index contributed by atoms with van der Waals surface area (Å²) in [5, 5.41) is 3.54. The largest absolute Gasteiger partial charge is 1.00 e. The van der Waals surface area contributed by atoms with E-state index in [9.17, 15) is 17.8 Å². The molecule has 0 aliphatic rings. The molecule has 0 spiro atoms. The standard InChI is InChI=1S/C12H13NO5S2.Na/c14-12(8-19-20(15,16)17)13-6-5-9-7-18-11-4-2-1-3-10(9)11;/h1-4,7H,5-6,8H2,(H,13,14)(H,15,16,17);/q;+1/p-1. The number of hydrogen-bond donors (Lipinski definition) is 1. The molecule has 6 nitrogen and oxygen atoms in total. The summed E-state index contributed by atoms with van der Waals surface area (Å²) in [6.45, 7) is 0.349. The summed E-state index contributed by atoms with van der Waals surface area (Å²) in [7, 11) is -4.35. The maximum atomic E-state index is 11.3. The second kappa shape index (κ2) is 8.21. The Hall–Kier alpha value is -0.510. The van der Waals surface area contributed by atoms with E-state index in [4.69, 9.17) is 4.42 Å². The Labute approximate surface area is 148 Å². The number of amides is 1. The molecule has 1 heterocycles. The zero-order chi connectivity index (χ0) is 14.6. The predicted octanol–water partition coefficient (Wildman–Crippen LogP) is -1.71. The van der Waals surface area contributed by atoms with Gasteiger partial charge in [0.15, 0.2) is 0 Å². The average Bonchev–Trinajstić information content (AvgIpc) is 2.79. The van der Waals surface area contributed by atoms with Crippen molar-refractivity contribution in [1.82, 2.24) is 5.32 Å². The minimum Gasteiger partial charge on any atom is -0.739 e. The minimum absolute atomic E-state index is 0. The predicted molar refractivity (Wildman–Crippen MR) is 75.1 cm³/mol. The fraction of sp³-hybridized carbons (Fsp3) is 0.250. The van der Waals surface area contributed by atoms with Crippen LogP contribution in [0.1, 0.15) is 5.56 Å². The third-order valence-electron chi connectivity index (χ3n) is 2.61. The van der Waals surface area contributed by atoms with Gasteiger partial charge in [-0.1, -0.05) is 18.2 Å². The van der Waals surface area contributed by atoms with Gasteiger partial charge in [0, 0.05) is 11.9 Å². The second-order valence-corrected chi connectivity index (χ2v) is 7.30. The van der Waals surface area contributed by atoms with E-state index in [-0.39, 0.29) is 40.4 Å². The zero-order valence-electron chi connectivity index (χ0n) is 11.4. The van der Waals surface area contributed by atoms with Gasteiger partial charge in [-0.25, -0.2) is 8.42 Å². The molecular weight excluding hydrogens is 325 g/mol. The third kappa shape index (κ3) is 6.01. The number of rotatable bonds is 6. The van der Waals surface area contributed by atoms with E-state index in [1.54, 1.807) is 6.26 Å². The maximum Gasteiger partial charge on any atom is 1.00 e. The summed E-state index contributed by atoms with van der Waals surface area (Å²) in [6, 6.07) is 7.55. The van der Waals surface area contributed by atoms with Crippen LogP contribution >= 0.6 is 10.8 Å². The number of benzene rings is 1. The molecule has 2 aromatic rings. The summed E-state index contributed by atoms with van der Waals surface area (Å²) in [6.07, 6.45) is 2.20. The van der Waals surface area contributed by atoms with Gasteiger partial charge in [-0.2, -0.15) is 0 Å². The second-order valence-electron chi connectivity index (χ2n) is 4.03. The van der Waals surface area contributed by atoms with Crippen LogP contribution in [-0.2, 0) is 20.4 Å². The summed E-state index contributed by atoms with van der Waals surface area (Å²) in [5.41, 5.74) is 1.74. The number of nitrogens with one attached hydrogen (secondary N) is 1. The molecule has 0 aliphatic heterocycles. The van der Waals surface area contributed by atoms with E-state index in [0.717, 1.165) is 16.5 Å². The number of carbonyl (C=O) groups is 1. The van der Waals surface area contributed by atoms with Crippen LogP contribution in [0, 0.1) is 0 Å². The van der Waals surface area contributed by atoms with Crippen LogP contribution in [0.2, 0.25) is 0 Å². The first kappa shape index (κ1) is 18.5. The van der Waals surface area contributed by atoms with Gasteiger partial charge in [-0.15, -0.1) is 0 Å². The Bertz CT molecular complexity index is 713. The van der Waals surface area contributed by atoms with Crippen LogP contribution in [0.15, 0.2) is 34.9 Å². The van der Waals surface area contributed by atoms with E-state index < -0.39 is 20.8 Å². The van der Waals surface area contributed by atoms with Crippen molar-refractivity contribution in [3.05, 3.63) is 36.1 Å². The van der Waals surface area contributed by atoms with Gasteiger partial charge in [-0.3, -0.25) is 4.79 Å². The van der Waals surface area contributed by atoms with Gasteiger partial charge < -0.3 is 14.3 Å². The Morgan fingerprint density at radius 2 is 2.05 bits per heavy atom. The number of furan rings is 1. The molecule has 108 valence electrons. The molecule has 1 N–H and O–H groups in total. The van der Waals surface area contributed by atoms with E-state index in [1.807, 2.05) is 24.3 Å². The summed E-state index contributed by atoms with van der Waals surface area (Å²) in [5.74, 6) is -0.875. The SMILES string of the molecule is O=C(CSS(=O)(=O)[O-])NCCc1coc2ccccc12.[Na+]. The Morgan fingerprint density at radius 1 is 1.33 bits per heavy atom. The fourth-order valence-electron chi connectivity index (χ4n) is 1.74. The number of fused-ring (bicyclic) bond motifs is 1. The van der Waals surface area contributed by atoms with E-state index in [0.29, 0.717) is 13.0 Å². The van der Waals surface area contributed by atoms with Gasteiger partial charge in [0.2, 0.25) is 5.91 Å². The normalized spacial score (nSPS) is 11.1. The molecule has 1 aromatic heterocycles. The van der Waals surface area contributed by atoms with Crippen LogP contribution in [0.4, 0.5) is 0 Å². The summed E-state index contributed by atoms with van der Waals surface area (Å²) >= 11 is 0. The molecule has 1 amide bonds. The van der Waals surface area contributed by atoms with Crippen LogP contribution in [0.3, 0.4) is 0 Å². The Morgan fingerprint density at radius 3 is 2.76 bits per heavy atom. The van der Waals surface area contributed by atoms with Gasteiger partial charge in [-0.05, 0) is 28.8 Å². The quantitative estimate of drug-likeness (QED) is 0.383.